The molecule has 0 aliphatic carbocycles. The Kier molecular flexibility index (Phi) is 6.54. The molecular weight excluding hydrogens is 180 g/mol. The van der Waals surface area contributed by atoms with Gasteiger partial charge in [0.25, 0.3) is 0 Å². The molecule has 3 nitrogen and oxygen atoms in total. The number of hydrogen-bond acceptors (Lipinski definition) is 3. The monoisotopic (exact) mass is 196 g/mol. The lowest BCUT2D eigenvalue weighted by atomic mass is 9.91. The Labute approximate surface area is 84.2 Å². The number of Topliss-reactive ketones (excluding diaryl/α,β-unsaturated/α-hetero) is 1. The molecule has 0 amide bonds. The molecule has 0 aliphatic rings. The largest absolute Gasteiger partial charge is 0.303 e. The number of allylic oxidation sites excluding steroid dienone is 2. The van der Waals surface area contributed by atoms with Crippen molar-refractivity contribution in [2.45, 2.75) is 33.1 Å². The zero-order chi connectivity index (χ0) is 11.0. The molecule has 0 aromatic carbocycles. The molecule has 0 N–H and O–H groups in total. The lowest BCUT2D eigenvalue weighted by molar-refractivity contribution is -0.119. The third-order valence-electron chi connectivity index (χ3n) is 2.19. The average molecular weight is 196 g/mol. The van der Waals surface area contributed by atoms with Crippen molar-refractivity contribution < 1.29 is 14.4 Å². The topological polar surface area (TPSA) is 51.2 Å². The van der Waals surface area contributed by atoms with Crippen molar-refractivity contribution in [3.8, 4) is 0 Å². The fraction of sp³-hybridized carbons (Fsp3) is 0.545. The average Bonchev–Trinajstić information content (AvgIpc) is 2.19. The predicted octanol–water partition coefficient (Wildman–Crippen LogP) is 1.71. The fourth-order valence-electron chi connectivity index (χ4n) is 1.27. The minimum Gasteiger partial charge on any atom is -0.303 e. The van der Waals surface area contributed by atoms with E-state index in [0.717, 1.165) is 12.6 Å². The van der Waals surface area contributed by atoms with Gasteiger partial charge in [0, 0.05) is 25.2 Å². The SMILES string of the molecule is C/C=C(/C=O)[C@@H](CC=O)CC(=O)CC. The molecule has 0 saturated carbocycles. The van der Waals surface area contributed by atoms with Crippen LogP contribution in [0.25, 0.3) is 0 Å². The molecule has 0 saturated heterocycles. The first-order valence-corrected chi connectivity index (χ1v) is 4.76. The van der Waals surface area contributed by atoms with Crippen LogP contribution in [0.5, 0.6) is 0 Å². The summed E-state index contributed by atoms with van der Waals surface area (Å²) in [5, 5.41) is 0. The van der Waals surface area contributed by atoms with Gasteiger partial charge in [0.2, 0.25) is 0 Å². The Hall–Kier alpha value is -1.25. The Morgan fingerprint density at radius 3 is 2.36 bits per heavy atom. The van der Waals surface area contributed by atoms with Crippen LogP contribution < -0.4 is 0 Å². The summed E-state index contributed by atoms with van der Waals surface area (Å²) < 4.78 is 0. The van der Waals surface area contributed by atoms with Crippen LogP contribution in [0.15, 0.2) is 11.6 Å². The summed E-state index contributed by atoms with van der Waals surface area (Å²) in [6, 6.07) is 0. The first-order chi connectivity index (χ1) is 6.69. The molecule has 0 radical (unpaired) electrons. The Balaban J connectivity index is 4.49. The number of ketones is 1. The highest BCUT2D eigenvalue weighted by atomic mass is 16.1. The van der Waals surface area contributed by atoms with Gasteiger partial charge in [-0.05, 0) is 12.5 Å². The maximum atomic E-state index is 11.2. The molecule has 0 rings (SSSR count). The maximum absolute atomic E-state index is 11.2. The van der Waals surface area contributed by atoms with Gasteiger partial charge in [-0.25, -0.2) is 0 Å². The van der Waals surface area contributed by atoms with Crippen LogP contribution in [0.2, 0.25) is 0 Å². The summed E-state index contributed by atoms with van der Waals surface area (Å²) in [7, 11) is 0. The summed E-state index contributed by atoms with van der Waals surface area (Å²) in [4.78, 5) is 32.2. The van der Waals surface area contributed by atoms with Crippen LogP contribution in [0.3, 0.4) is 0 Å². The summed E-state index contributed by atoms with van der Waals surface area (Å²) >= 11 is 0. The lowest BCUT2D eigenvalue weighted by Gasteiger charge is -2.11. The van der Waals surface area contributed by atoms with Crippen LogP contribution in [0.4, 0.5) is 0 Å². The quantitative estimate of drug-likeness (QED) is 0.460. The number of rotatable bonds is 7. The smallest absolute Gasteiger partial charge is 0.146 e. The molecule has 14 heavy (non-hydrogen) atoms. The molecule has 1 atom stereocenters. The Morgan fingerprint density at radius 1 is 1.36 bits per heavy atom. The lowest BCUT2D eigenvalue weighted by Crippen LogP contribution is -2.12. The van der Waals surface area contributed by atoms with Crippen LogP contribution in [-0.4, -0.2) is 18.4 Å². The van der Waals surface area contributed by atoms with Crippen molar-refractivity contribution in [1.29, 1.82) is 0 Å². The first kappa shape index (κ1) is 12.8. The Morgan fingerprint density at radius 2 is 2.00 bits per heavy atom. The van der Waals surface area contributed by atoms with E-state index >= 15 is 0 Å². The molecule has 0 bridgehead atoms. The van der Waals surface area contributed by atoms with E-state index in [1.807, 2.05) is 0 Å². The minimum atomic E-state index is -0.234. The Bertz CT molecular complexity index is 241. The molecule has 0 aromatic heterocycles. The molecule has 0 heterocycles. The van der Waals surface area contributed by atoms with Crippen molar-refractivity contribution in [3.05, 3.63) is 11.6 Å². The number of hydrogen-bond donors (Lipinski definition) is 0. The van der Waals surface area contributed by atoms with Crippen molar-refractivity contribution >= 4 is 18.4 Å². The molecule has 0 aromatic rings. The first-order valence-electron chi connectivity index (χ1n) is 4.76. The van der Waals surface area contributed by atoms with Crippen LogP contribution in [0.1, 0.15) is 33.1 Å². The van der Waals surface area contributed by atoms with Crippen molar-refractivity contribution in [2.75, 3.05) is 0 Å². The third kappa shape index (κ3) is 4.12. The summed E-state index contributed by atoms with van der Waals surface area (Å²) in [6.07, 6.45) is 4.10. The van der Waals surface area contributed by atoms with Crippen molar-refractivity contribution in [3.63, 3.8) is 0 Å². The van der Waals surface area contributed by atoms with E-state index in [-0.39, 0.29) is 24.5 Å². The van der Waals surface area contributed by atoms with Gasteiger partial charge in [0.1, 0.15) is 18.4 Å². The summed E-state index contributed by atoms with van der Waals surface area (Å²) in [5.41, 5.74) is 0.541. The number of carbonyl (C=O) groups excluding carboxylic acids is 3. The molecule has 3 heteroatoms. The van der Waals surface area contributed by atoms with Crippen molar-refractivity contribution in [1.82, 2.24) is 0 Å². The number of carbonyl (C=O) groups is 3. The van der Waals surface area contributed by atoms with Gasteiger partial charge in [-0.2, -0.15) is 0 Å². The maximum Gasteiger partial charge on any atom is 0.146 e. The molecule has 78 valence electrons. The van der Waals surface area contributed by atoms with Gasteiger partial charge in [-0.1, -0.05) is 13.0 Å². The van der Waals surface area contributed by atoms with E-state index in [2.05, 4.69) is 0 Å². The van der Waals surface area contributed by atoms with E-state index in [1.165, 1.54) is 0 Å². The van der Waals surface area contributed by atoms with E-state index in [9.17, 15) is 14.4 Å². The zero-order valence-electron chi connectivity index (χ0n) is 8.66. The van der Waals surface area contributed by atoms with Gasteiger partial charge in [0.15, 0.2) is 0 Å². The summed E-state index contributed by atoms with van der Waals surface area (Å²) in [6.45, 7) is 3.51. The molecule has 0 fully saturated rings. The van der Waals surface area contributed by atoms with Gasteiger partial charge < -0.3 is 4.79 Å². The molecule has 0 spiro atoms. The van der Waals surface area contributed by atoms with E-state index in [1.54, 1.807) is 19.9 Å². The highest BCUT2D eigenvalue weighted by Gasteiger charge is 2.15. The second-order valence-corrected chi connectivity index (χ2v) is 3.10. The van der Waals surface area contributed by atoms with Crippen molar-refractivity contribution in [2.24, 2.45) is 5.92 Å². The summed E-state index contributed by atoms with van der Waals surface area (Å²) in [5.74, 6) is -0.152. The predicted molar refractivity (Wildman–Crippen MR) is 53.9 cm³/mol. The van der Waals surface area contributed by atoms with E-state index in [0.29, 0.717) is 12.0 Å². The van der Waals surface area contributed by atoms with Gasteiger partial charge in [-0.3, -0.25) is 9.59 Å². The molecule has 0 aliphatic heterocycles. The van der Waals surface area contributed by atoms with E-state index < -0.39 is 0 Å². The van der Waals surface area contributed by atoms with E-state index in [4.69, 9.17) is 0 Å². The molecular formula is C11H16O3. The standard InChI is InChI=1S/C11H16O3/c1-3-9(8-13)10(5-6-12)7-11(14)4-2/h3,6,8,10H,4-5,7H2,1-2H3/b9-3-/t10-/m0/s1. The zero-order valence-corrected chi connectivity index (χ0v) is 8.66. The second-order valence-electron chi connectivity index (χ2n) is 3.10. The highest BCUT2D eigenvalue weighted by molar-refractivity contribution is 5.82. The van der Waals surface area contributed by atoms with Gasteiger partial charge in [-0.15, -0.1) is 0 Å². The number of aldehydes is 2. The van der Waals surface area contributed by atoms with Crippen LogP contribution in [-0.2, 0) is 14.4 Å². The second kappa shape index (κ2) is 7.18. The van der Waals surface area contributed by atoms with Crippen LogP contribution in [0, 0.1) is 5.92 Å². The van der Waals surface area contributed by atoms with Crippen LogP contribution >= 0.6 is 0 Å². The molecule has 0 unspecified atom stereocenters. The van der Waals surface area contributed by atoms with Gasteiger partial charge >= 0.3 is 0 Å². The minimum absolute atomic E-state index is 0.0815. The highest BCUT2D eigenvalue weighted by Crippen LogP contribution is 2.17. The van der Waals surface area contributed by atoms with Gasteiger partial charge in [0.05, 0.1) is 0 Å². The normalized spacial score (nSPS) is 13.4. The fourth-order valence-corrected chi connectivity index (χ4v) is 1.27. The third-order valence-corrected chi connectivity index (χ3v) is 2.19.